The molecule has 0 unspecified atom stereocenters. The Morgan fingerprint density at radius 1 is 1.12 bits per heavy atom. The van der Waals surface area contributed by atoms with E-state index >= 15 is 0 Å². The molecular formula is C27H28N4O3. The van der Waals surface area contributed by atoms with Gasteiger partial charge in [0.05, 0.1) is 25.0 Å². The molecule has 174 valence electrons. The smallest absolute Gasteiger partial charge is 0.271 e. The van der Waals surface area contributed by atoms with E-state index in [-0.39, 0.29) is 17.2 Å². The number of carbonyl (C=O) groups excluding carboxylic acids is 2. The summed E-state index contributed by atoms with van der Waals surface area (Å²) in [6.07, 6.45) is 2.07. The van der Waals surface area contributed by atoms with Gasteiger partial charge in [-0.1, -0.05) is 24.3 Å². The highest BCUT2D eigenvalue weighted by Gasteiger charge is 2.51. The van der Waals surface area contributed by atoms with Gasteiger partial charge in [-0.3, -0.25) is 9.59 Å². The van der Waals surface area contributed by atoms with Crippen LogP contribution >= 0.6 is 0 Å². The highest BCUT2D eigenvalue weighted by atomic mass is 16.5. The maximum atomic E-state index is 13.5. The molecule has 0 bridgehead atoms. The second kappa shape index (κ2) is 8.17. The first kappa shape index (κ1) is 21.9. The Bertz CT molecular complexity index is 1300. The summed E-state index contributed by atoms with van der Waals surface area (Å²) >= 11 is 0. The van der Waals surface area contributed by atoms with Crippen LogP contribution in [-0.4, -0.2) is 54.3 Å². The van der Waals surface area contributed by atoms with Gasteiger partial charge in [0.25, 0.3) is 11.8 Å². The van der Waals surface area contributed by atoms with Gasteiger partial charge in [0.1, 0.15) is 11.4 Å². The predicted molar refractivity (Wildman–Crippen MR) is 131 cm³/mol. The van der Waals surface area contributed by atoms with Gasteiger partial charge in [0, 0.05) is 37.2 Å². The van der Waals surface area contributed by atoms with Gasteiger partial charge in [-0.15, -0.1) is 0 Å². The van der Waals surface area contributed by atoms with Crippen LogP contribution in [0.5, 0.6) is 5.75 Å². The summed E-state index contributed by atoms with van der Waals surface area (Å²) in [5.74, 6) is 0.486. The standard InChI is InChI=1S/C27H28N4O3/c1-30(2)26(33)23-9-4-6-18(29-23)15-31-16-27(12-13-27)21-14-17(10-11-20(21)25(31)32)19-7-5-8-22(28)24(19)34-3/h4-11,14H,12-13,15-16,28H2,1-3H3. The molecule has 2 heterocycles. The number of nitrogen functional groups attached to an aromatic ring is 1. The van der Waals surface area contributed by atoms with E-state index in [4.69, 9.17) is 10.5 Å². The second-order valence-corrected chi connectivity index (χ2v) is 9.34. The third-order valence-electron chi connectivity index (χ3n) is 6.80. The average molecular weight is 457 g/mol. The number of hydrogen-bond donors (Lipinski definition) is 1. The molecule has 34 heavy (non-hydrogen) atoms. The minimum Gasteiger partial charge on any atom is -0.494 e. The number of rotatable bonds is 5. The number of para-hydroxylation sites is 1. The molecule has 1 aromatic heterocycles. The van der Waals surface area contributed by atoms with E-state index < -0.39 is 0 Å². The molecular weight excluding hydrogens is 428 g/mol. The highest BCUT2D eigenvalue weighted by Crippen LogP contribution is 2.53. The van der Waals surface area contributed by atoms with Crippen molar-refractivity contribution in [1.29, 1.82) is 0 Å². The number of methoxy groups -OCH3 is 1. The first-order valence-electron chi connectivity index (χ1n) is 11.4. The molecule has 3 aromatic rings. The van der Waals surface area contributed by atoms with Crippen molar-refractivity contribution in [3.63, 3.8) is 0 Å². The second-order valence-electron chi connectivity index (χ2n) is 9.34. The Labute approximate surface area is 199 Å². The molecule has 0 radical (unpaired) electrons. The van der Waals surface area contributed by atoms with Gasteiger partial charge in [0.2, 0.25) is 0 Å². The van der Waals surface area contributed by atoms with Crippen molar-refractivity contribution in [1.82, 2.24) is 14.8 Å². The summed E-state index contributed by atoms with van der Waals surface area (Å²) in [5.41, 5.74) is 11.5. The van der Waals surface area contributed by atoms with Gasteiger partial charge in [0.15, 0.2) is 0 Å². The van der Waals surface area contributed by atoms with Crippen molar-refractivity contribution in [3.8, 4) is 16.9 Å². The lowest BCUT2D eigenvalue weighted by Gasteiger charge is -2.35. The molecule has 0 saturated heterocycles. The van der Waals surface area contributed by atoms with Gasteiger partial charge in [-0.25, -0.2) is 4.98 Å². The zero-order valence-corrected chi connectivity index (χ0v) is 19.7. The van der Waals surface area contributed by atoms with Crippen LogP contribution < -0.4 is 10.5 Å². The van der Waals surface area contributed by atoms with Crippen LogP contribution in [0, 0.1) is 0 Å². The van der Waals surface area contributed by atoms with Crippen molar-refractivity contribution in [2.45, 2.75) is 24.8 Å². The lowest BCUT2D eigenvalue weighted by atomic mass is 9.84. The third-order valence-corrected chi connectivity index (χ3v) is 6.80. The molecule has 1 aliphatic carbocycles. The minimum atomic E-state index is -0.152. The Morgan fingerprint density at radius 2 is 1.88 bits per heavy atom. The number of benzene rings is 2. The van der Waals surface area contributed by atoms with Crippen molar-refractivity contribution >= 4 is 17.5 Å². The molecule has 0 atom stereocenters. The molecule has 1 saturated carbocycles. The number of aromatic nitrogens is 1. The number of hydrogen-bond acceptors (Lipinski definition) is 5. The summed E-state index contributed by atoms with van der Waals surface area (Å²) in [7, 11) is 5.02. The van der Waals surface area contributed by atoms with Crippen molar-refractivity contribution in [2.24, 2.45) is 0 Å². The Kier molecular flexibility index (Phi) is 5.27. The molecule has 7 heteroatoms. The van der Waals surface area contributed by atoms with Crippen molar-refractivity contribution in [2.75, 3.05) is 33.5 Å². The van der Waals surface area contributed by atoms with E-state index in [1.54, 1.807) is 27.3 Å². The molecule has 2 N–H and O–H groups in total. The Morgan fingerprint density at radius 3 is 2.59 bits per heavy atom. The van der Waals surface area contributed by atoms with E-state index in [2.05, 4.69) is 11.1 Å². The van der Waals surface area contributed by atoms with Crippen LogP contribution in [0.25, 0.3) is 11.1 Å². The molecule has 5 rings (SSSR count). The van der Waals surface area contributed by atoms with E-state index in [1.165, 1.54) is 4.90 Å². The molecule has 1 spiro atoms. The predicted octanol–water partition coefficient (Wildman–Crippen LogP) is 3.73. The number of ether oxygens (including phenoxy) is 1. The molecule has 2 aliphatic rings. The van der Waals surface area contributed by atoms with Gasteiger partial charge >= 0.3 is 0 Å². The summed E-state index contributed by atoms with van der Waals surface area (Å²) in [4.78, 5) is 33.7. The van der Waals surface area contributed by atoms with E-state index in [0.717, 1.165) is 35.1 Å². The number of pyridine rings is 1. The third kappa shape index (κ3) is 3.67. The molecule has 2 amide bonds. The van der Waals surface area contributed by atoms with Gasteiger partial charge < -0.3 is 20.3 Å². The first-order valence-corrected chi connectivity index (χ1v) is 11.4. The number of carbonyl (C=O) groups is 2. The number of nitrogens with two attached hydrogens (primary N) is 1. The maximum absolute atomic E-state index is 13.5. The Balaban J connectivity index is 1.47. The van der Waals surface area contributed by atoms with Crippen LogP contribution in [-0.2, 0) is 12.0 Å². The van der Waals surface area contributed by atoms with Crippen molar-refractivity contribution in [3.05, 3.63) is 77.1 Å². The quantitative estimate of drug-likeness (QED) is 0.591. The normalized spacial score (nSPS) is 15.7. The van der Waals surface area contributed by atoms with Crippen LogP contribution in [0.1, 0.15) is 44.9 Å². The number of amides is 2. The summed E-state index contributed by atoms with van der Waals surface area (Å²) in [6.45, 7) is 1.02. The SMILES string of the molecule is COc1c(N)cccc1-c1ccc2c(c1)C1(CC1)CN(Cc1cccc(C(=O)N(C)C)n1)C2=O. The fourth-order valence-corrected chi connectivity index (χ4v) is 4.86. The fraction of sp³-hybridized carbons (Fsp3) is 0.296. The highest BCUT2D eigenvalue weighted by molar-refractivity contribution is 5.99. The van der Waals surface area contributed by atoms with Crippen molar-refractivity contribution < 1.29 is 14.3 Å². The molecule has 1 fully saturated rings. The first-order chi connectivity index (χ1) is 16.3. The maximum Gasteiger partial charge on any atom is 0.271 e. The van der Waals surface area contributed by atoms with Crippen LogP contribution in [0.4, 0.5) is 5.69 Å². The van der Waals surface area contributed by atoms with E-state index in [9.17, 15) is 9.59 Å². The van der Waals surface area contributed by atoms with E-state index in [1.807, 2.05) is 47.4 Å². The van der Waals surface area contributed by atoms with Gasteiger partial charge in [-0.2, -0.15) is 0 Å². The zero-order valence-electron chi connectivity index (χ0n) is 19.7. The zero-order chi connectivity index (χ0) is 24.0. The summed E-state index contributed by atoms with van der Waals surface area (Å²) < 4.78 is 5.55. The molecule has 1 aliphatic heterocycles. The summed E-state index contributed by atoms with van der Waals surface area (Å²) in [5, 5.41) is 0. The lowest BCUT2D eigenvalue weighted by molar-refractivity contribution is 0.0696. The topological polar surface area (TPSA) is 88.8 Å². The van der Waals surface area contributed by atoms with Crippen LogP contribution in [0.2, 0.25) is 0 Å². The number of fused-ring (bicyclic) bond motifs is 2. The van der Waals surface area contributed by atoms with Gasteiger partial charge in [-0.05, 0) is 54.3 Å². The fourth-order valence-electron chi connectivity index (χ4n) is 4.86. The molecule has 7 nitrogen and oxygen atoms in total. The van der Waals surface area contributed by atoms with Crippen LogP contribution in [0.3, 0.4) is 0 Å². The van der Waals surface area contributed by atoms with Crippen LogP contribution in [0.15, 0.2) is 54.6 Å². The largest absolute Gasteiger partial charge is 0.494 e. The summed E-state index contributed by atoms with van der Waals surface area (Å²) in [6, 6.07) is 17.1. The minimum absolute atomic E-state index is 0.00949. The van der Waals surface area contributed by atoms with E-state index in [0.29, 0.717) is 35.9 Å². The molecule has 2 aromatic carbocycles. The monoisotopic (exact) mass is 456 g/mol. The Hall–Kier alpha value is -3.87. The lowest BCUT2D eigenvalue weighted by Crippen LogP contribution is -2.43. The number of nitrogens with zero attached hydrogens (tertiary/aromatic N) is 3. The average Bonchev–Trinajstić information content (AvgIpc) is 3.61. The number of anilines is 1.